The molecule has 24 heavy (non-hydrogen) atoms. The maximum absolute atomic E-state index is 12.9. The van der Waals surface area contributed by atoms with Gasteiger partial charge in [0.2, 0.25) is 0 Å². The third-order valence-corrected chi connectivity index (χ3v) is 3.42. The molecule has 0 saturated heterocycles. The second-order valence-electron chi connectivity index (χ2n) is 5.20. The second kappa shape index (κ2) is 6.91. The normalized spacial score (nSPS) is 10.2. The molecule has 120 valence electrons. The maximum atomic E-state index is 12.9. The predicted molar refractivity (Wildman–Crippen MR) is 89.8 cm³/mol. The van der Waals surface area contributed by atoms with Crippen LogP contribution in [0.3, 0.4) is 0 Å². The fraction of sp³-hybridized carbons (Fsp3) is 0.0526. The van der Waals surface area contributed by atoms with Crippen molar-refractivity contribution < 1.29 is 13.9 Å². The second-order valence-corrected chi connectivity index (χ2v) is 5.20. The van der Waals surface area contributed by atoms with E-state index in [2.05, 4.69) is 10.3 Å². The van der Waals surface area contributed by atoms with Gasteiger partial charge in [-0.1, -0.05) is 18.2 Å². The summed E-state index contributed by atoms with van der Waals surface area (Å²) < 4.78 is 18.4. The zero-order valence-corrected chi connectivity index (χ0v) is 13.0. The number of hydrogen-bond donors (Lipinski definition) is 1. The molecule has 0 saturated carbocycles. The van der Waals surface area contributed by atoms with E-state index >= 15 is 0 Å². The van der Waals surface area contributed by atoms with Gasteiger partial charge in [-0.2, -0.15) is 0 Å². The van der Waals surface area contributed by atoms with Crippen LogP contribution in [0.25, 0.3) is 0 Å². The number of hydrogen-bond acceptors (Lipinski definition) is 3. The molecule has 0 aliphatic rings. The zero-order chi connectivity index (χ0) is 16.9. The quantitative estimate of drug-likeness (QED) is 0.765. The van der Waals surface area contributed by atoms with Crippen LogP contribution in [0.2, 0.25) is 0 Å². The van der Waals surface area contributed by atoms with Gasteiger partial charge in [-0.15, -0.1) is 0 Å². The largest absolute Gasteiger partial charge is 0.456 e. The Balaban J connectivity index is 1.67. The van der Waals surface area contributed by atoms with E-state index in [0.717, 1.165) is 5.56 Å². The molecule has 1 aromatic heterocycles. The Morgan fingerprint density at radius 1 is 1.00 bits per heavy atom. The monoisotopic (exact) mass is 322 g/mol. The molecule has 0 atom stereocenters. The predicted octanol–water partition coefficient (Wildman–Crippen LogP) is 4.57. The molecule has 0 bridgehead atoms. The lowest BCUT2D eigenvalue weighted by Gasteiger charge is -2.08. The van der Waals surface area contributed by atoms with Crippen molar-refractivity contribution in [2.75, 3.05) is 5.32 Å². The third kappa shape index (κ3) is 3.76. The number of aryl methyl sites for hydroxylation is 1. The van der Waals surface area contributed by atoms with Crippen LogP contribution >= 0.6 is 0 Å². The molecule has 1 heterocycles. The number of carbonyl (C=O) groups excluding carboxylic acids is 1. The lowest BCUT2D eigenvalue weighted by molar-refractivity contribution is 0.102. The molecule has 0 radical (unpaired) electrons. The summed E-state index contributed by atoms with van der Waals surface area (Å²) in [6.45, 7) is 1.88. The smallest absolute Gasteiger partial charge is 0.257 e. The highest BCUT2D eigenvalue weighted by Gasteiger charge is 2.09. The molecule has 5 heteroatoms. The Hall–Kier alpha value is -3.21. The molecule has 4 nitrogen and oxygen atoms in total. The number of ether oxygens (including phenoxy) is 1. The van der Waals surface area contributed by atoms with E-state index in [4.69, 9.17) is 4.74 Å². The third-order valence-electron chi connectivity index (χ3n) is 3.42. The molecule has 2 aromatic carbocycles. The van der Waals surface area contributed by atoms with E-state index in [-0.39, 0.29) is 11.7 Å². The molecule has 0 aliphatic heterocycles. The Morgan fingerprint density at radius 3 is 2.38 bits per heavy atom. The highest BCUT2D eigenvalue weighted by Crippen LogP contribution is 2.22. The number of nitrogens with zero attached hydrogens (tertiary/aromatic N) is 1. The summed E-state index contributed by atoms with van der Waals surface area (Å²) in [4.78, 5) is 16.4. The summed E-state index contributed by atoms with van der Waals surface area (Å²) >= 11 is 0. The Morgan fingerprint density at radius 2 is 1.71 bits per heavy atom. The van der Waals surface area contributed by atoms with Crippen molar-refractivity contribution >= 4 is 11.7 Å². The molecule has 0 fully saturated rings. The van der Waals surface area contributed by atoms with Gasteiger partial charge in [-0.3, -0.25) is 4.79 Å². The molecule has 0 spiro atoms. The minimum absolute atomic E-state index is 0.215. The van der Waals surface area contributed by atoms with Crippen LogP contribution in [-0.4, -0.2) is 10.9 Å². The number of pyridine rings is 1. The van der Waals surface area contributed by atoms with Gasteiger partial charge in [0.05, 0.1) is 6.20 Å². The molecule has 1 amide bonds. The SMILES string of the molecule is Cc1ccccc1C(=O)Nc1ccc(Oc2ccc(F)cc2)cn1. The highest BCUT2D eigenvalue weighted by molar-refractivity contribution is 6.04. The molecule has 1 N–H and O–H groups in total. The standard InChI is InChI=1S/C19H15FN2O2/c1-13-4-2-3-5-17(13)19(23)22-18-11-10-16(12-21-18)24-15-8-6-14(20)7-9-15/h2-12H,1H3,(H,21,22,23). The lowest BCUT2D eigenvalue weighted by Crippen LogP contribution is -2.14. The minimum Gasteiger partial charge on any atom is -0.456 e. The molecule has 3 aromatic rings. The number of halogens is 1. The van der Waals surface area contributed by atoms with E-state index in [1.165, 1.54) is 30.5 Å². The summed E-state index contributed by atoms with van der Waals surface area (Å²) in [5.74, 6) is 0.891. The zero-order valence-electron chi connectivity index (χ0n) is 13.0. The van der Waals surface area contributed by atoms with Gasteiger partial charge >= 0.3 is 0 Å². The van der Waals surface area contributed by atoms with Gasteiger partial charge in [0.1, 0.15) is 23.1 Å². The van der Waals surface area contributed by atoms with Gasteiger partial charge in [-0.05, 0) is 55.0 Å². The van der Waals surface area contributed by atoms with Crippen LogP contribution in [0.1, 0.15) is 15.9 Å². The van der Waals surface area contributed by atoms with Crippen molar-refractivity contribution in [1.29, 1.82) is 0 Å². The lowest BCUT2D eigenvalue weighted by atomic mass is 10.1. The summed E-state index contributed by atoms with van der Waals surface area (Å²) in [5.41, 5.74) is 1.50. The van der Waals surface area contributed by atoms with Gasteiger partial charge < -0.3 is 10.1 Å². The Kier molecular flexibility index (Phi) is 4.52. The first-order valence-corrected chi connectivity index (χ1v) is 7.38. The van der Waals surface area contributed by atoms with Crippen LogP contribution < -0.4 is 10.1 Å². The van der Waals surface area contributed by atoms with Crippen LogP contribution in [-0.2, 0) is 0 Å². The van der Waals surface area contributed by atoms with Crippen molar-refractivity contribution in [2.24, 2.45) is 0 Å². The molecule has 3 rings (SSSR count). The van der Waals surface area contributed by atoms with Crippen LogP contribution in [0.5, 0.6) is 11.5 Å². The molecular weight excluding hydrogens is 307 g/mol. The van der Waals surface area contributed by atoms with E-state index in [0.29, 0.717) is 22.9 Å². The fourth-order valence-corrected chi connectivity index (χ4v) is 2.16. The maximum Gasteiger partial charge on any atom is 0.257 e. The van der Waals surface area contributed by atoms with Crippen LogP contribution in [0.15, 0.2) is 66.9 Å². The van der Waals surface area contributed by atoms with E-state index in [1.54, 1.807) is 18.2 Å². The molecule has 0 unspecified atom stereocenters. The van der Waals surface area contributed by atoms with E-state index in [1.807, 2.05) is 25.1 Å². The number of rotatable bonds is 4. The number of amides is 1. The average Bonchev–Trinajstić information content (AvgIpc) is 2.59. The van der Waals surface area contributed by atoms with Crippen molar-refractivity contribution in [1.82, 2.24) is 4.98 Å². The summed E-state index contributed by atoms with van der Waals surface area (Å²) in [6.07, 6.45) is 1.50. The van der Waals surface area contributed by atoms with Crippen LogP contribution in [0.4, 0.5) is 10.2 Å². The number of aromatic nitrogens is 1. The average molecular weight is 322 g/mol. The number of nitrogens with one attached hydrogen (secondary N) is 1. The van der Waals surface area contributed by atoms with Gasteiger partial charge in [-0.25, -0.2) is 9.37 Å². The van der Waals surface area contributed by atoms with Gasteiger partial charge in [0, 0.05) is 5.56 Å². The first-order valence-electron chi connectivity index (χ1n) is 7.38. The Labute approximate surface area is 138 Å². The van der Waals surface area contributed by atoms with Gasteiger partial charge in [0.25, 0.3) is 5.91 Å². The first-order chi connectivity index (χ1) is 11.6. The number of anilines is 1. The van der Waals surface area contributed by atoms with Crippen LogP contribution in [0, 0.1) is 12.7 Å². The van der Waals surface area contributed by atoms with Crippen molar-refractivity contribution in [3.05, 3.63) is 83.8 Å². The topological polar surface area (TPSA) is 51.2 Å². The highest BCUT2D eigenvalue weighted by atomic mass is 19.1. The number of carbonyl (C=O) groups is 1. The first kappa shape index (κ1) is 15.7. The minimum atomic E-state index is -0.324. The van der Waals surface area contributed by atoms with Crippen molar-refractivity contribution in [3.63, 3.8) is 0 Å². The number of benzene rings is 2. The van der Waals surface area contributed by atoms with E-state index in [9.17, 15) is 9.18 Å². The summed E-state index contributed by atoms with van der Waals surface area (Å²) in [7, 11) is 0. The fourth-order valence-electron chi connectivity index (χ4n) is 2.16. The van der Waals surface area contributed by atoms with E-state index < -0.39 is 0 Å². The van der Waals surface area contributed by atoms with Crippen molar-refractivity contribution in [3.8, 4) is 11.5 Å². The summed E-state index contributed by atoms with van der Waals surface area (Å²) in [6, 6.07) is 16.4. The molecule has 0 aliphatic carbocycles. The van der Waals surface area contributed by atoms with Gasteiger partial charge in [0.15, 0.2) is 0 Å². The summed E-state index contributed by atoms with van der Waals surface area (Å²) in [5, 5.41) is 2.74. The Bertz CT molecular complexity index is 846. The van der Waals surface area contributed by atoms with Crippen molar-refractivity contribution in [2.45, 2.75) is 6.92 Å². The molecular formula is C19H15FN2O2.